The van der Waals surface area contributed by atoms with Crippen LogP contribution >= 0.6 is 0 Å². The third-order valence-electron chi connectivity index (χ3n) is 6.08. The van der Waals surface area contributed by atoms with Crippen LogP contribution in [0.4, 0.5) is 0 Å². The Hall–Kier alpha value is -2.81. The number of nitrogens with zero attached hydrogens (tertiary/aromatic N) is 1. The highest BCUT2D eigenvalue weighted by molar-refractivity contribution is 5.86. The minimum Gasteiger partial charge on any atom is -0.494 e. The maximum atomic E-state index is 9.32. The zero-order chi connectivity index (χ0) is 19.0. The quantitative estimate of drug-likeness (QED) is 0.658. The second-order valence-electron chi connectivity index (χ2n) is 7.86. The summed E-state index contributed by atoms with van der Waals surface area (Å²) in [6.07, 6.45) is 2.96. The first kappa shape index (κ1) is 17.3. The van der Waals surface area contributed by atoms with E-state index in [-0.39, 0.29) is 5.54 Å². The fourth-order valence-electron chi connectivity index (χ4n) is 4.74. The summed E-state index contributed by atoms with van der Waals surface area (Å²) < 4.78 is 5.95. The molecule has 1 spiro atoms. The lowest BCUT2D eigenvalue weighted by Crippen LogP contribution is -2.54. The Labute approximate surface area is 164 Å². The average molecular weight is 372 g/mol. The van der Waals surface area contributed by atoms with Gasteiger partial charge >= 0.3 is 0 Å². The minimum absolute atomic E-state index is 0.0587. The number of hydrogen-bond acceptors (Lipinski definition) is 4. The Balaban J connectivity index is 1.43. The van der Waals surface area contributed by atoms with Gasteiger partial charge in [0.05, 0.1) is 23.8 Å². The molecule has 1 unspecified atom stereocenters. The van der Waals surface area contributed by atoms with Crippen LogP contribution in [-0.4, -0.2) is 30.7 Å². The maximum Gasteiger partial charge on any atom is 0.119 e. The molecule has 5 nitrogen and oxygen atoms in total. The first-order valence-corrected chi connectivity index (χ1v) is 9.99. The number of hydrogen-bond donors (Lipinski definition) is 3. The molecule has 2 aliphatic rings. The Morgan fingerprint density at radius 3 is 2.86 bits per heavy atom. The number of nitriles is 1. The number of para-hydroxylation sites is 1. The van der Waals surface area contributed by atoms with Gasteiger partial charge in [-0.05, 0) is 61.7 Å². The Bertz CT molecular complexity index is 1030. The molecule has 5 rings (SSSR count). The van der Waals surface area contributed by atoms with E-state index in [2.05, 4.69) is 21.7 Å². The van der Waals surface area contributed by atoms with Gasteiger partial charge in [-0.2, -0.15) is 5.26 Å². The van der Waals surface area contributed by atoms with Gasteiger partial charge in [0, 0.05) is 29.2 Å². The molecule has 1 aromatic heterocycles. The zero-order valence-electron chi connectivity index (χ0n) is 15.8. The van der Waals surface area contributed by atoms with Crippen molar-refractivity contribution in [3.63, 3.8) is 0 Å². The molecule has 1 fully saturated rings. The maximum absolute atomic E-state index is 9.32. The van der Waals surface area contributed by atoms with Gasteiger partial charge in [0.15, 0.2) is 0 Å². The lowest BCUT2D eigenvalue weighted by molar-refractivity contribution is 0.231. The Morgan fingerprint density at radius 2 is 2.07 bits per heavy atom. The molecule has 0 aliphatic carbocycles. The molecule has 0 bridgehead atoms. The number of benzene rings is 2. The van der Waals surface area contributed by atoms with Crippen molar-refractivity contribution in [3.8, 4) is 11.8 Å². The van der Waals surface area contributed by atoms with Crippen LogP contribution in [-0.2, 0) is 12.0 Å². The van der Waals surface area contributed by atoms with Crippen molar-refractivity contribution >= 4 is 10.9 Å². The normalized spacial score (nSPS) is 23.6. The summed E-state index contributed by atoms with van der Waals surface area (Å²) in [5, 5.41) is 18.0. The minimum atomic E-state index is -0.0587. The molecular weight excluding hydrogens is 348 g/mol. The first-order chi connectivity index (χ1) is 13.8. The standard InChI is InChI=1S/C23H24N4O/c24-14-16-6-7-21-19(12-16)20-13-17(8-11-28-18-4-2-1-3-5-18)27-23(22(20)26-21)9-10-25-15-23/h1-7,12,17,25-27H,8-11,13,15H2/t17?,23-/m1/s1. The van der Waals surface area contributed by atoms with Gasteiger partial charge < -0.3 is 20.4 Å². The van der Waals surface area contributed by atoms with Crippen molar-refractivity contribution in [3.05, 3.63) is 65.4 Å². The van der Waals surface area contributed by atoms with Crippen molar-refractivity contribution in [2.24, 2.45) is 0 Å². The molecule has 3 aromatic rings. The average Bonchev–Trinajstić information content (AvgIpc) is 3.34. The summed E-state index contributed by atoms with van der Waals surface area (Å²) in [4.78, 5) is 3.66. The Kier molecular flexibility index (Phi) is 4.31. The molecule has 2 atom stereocenters. The highest BCUT2D eigenvalue weighted by Gasteiger charge is 2.43. The van der Waals surface area contributed by atoms with Gasteiger partial charge in [-0.3, -0.25) is 0 Å². The third-order valence-corrected chi connectivity index (χ3v) is 6.08. The van der Waals surface area contributed by atoms with E-state index in [9.17, 15) is 5.26 Å². The van der Waals surface area contributed by atoms with Crippen LogP contribution in [0.1, 0.15) is 29.7 Å². The second kappa shape index (κ2) is 6.97. The molecule has 28 heavy (non-hydrogen) atoms. The topological polar surface area (TPSA) is 72.9 Å². The fraction of sp³-hybridized carbons (Fsp3) is 0.348. The molecule has 0 saturated carbocycles. The highest BCUT2D eigenvalue weighted by atomic mass is 16.5. The molecular formula is C23H24N4O. The van der Waals surface area contributed by atoms with E-state index in [0.29, 0.717) is 12.6 Å². The van der Waals surface area contributed by atoms with Crippen LogP contribution in [0.2, 0.25) is 0 Å². The smallest absolute Gasteiger partial charge is 0.119 e. The first-order valence-electron chi connectivity index (χ1n) is 9.99. The largest absolute Gasteiger partial charge is 0.494 e. The number of fused-ring (bicyclic) bond motifs is 4. The number of aromatic nitrogens is 1. The van der Waals surface area contributed by atoms with E-state index in [0.717, 1.165) is 49.2 Å². The van der Waals surface area contributed by atoms with Gasteiger partial charge in [-0.25, -0.2) is 0 Å². The van der Waals surface area contributed by atoms with Crippen LogP contribution < -0.4 is 15.4 Å². The summed E-state index contributed by atoms with van der Waals surface area (Å²) in [5.74, 6) is 0.919. The lowest BCUT2D eigenvalue weighted by Gasteiger charge is -2.39. The predicted molar refractivity (Wildman–Crippen MR) is 109 cm³/mol. The van der Waals surface area contributed by atoms with Gasteiger partial charge in [0.1, 0.15) is 5.75 Å². The highest BCUT2D eigenvalue weighted by Crippen LogP contribution is 2.39. The van der Waals surface area contributed by atoms with Crippen molar-refractivity contribution in [1.29, 1.82) is 5.26 Å². The fourth-order valence-corrected chi connectivity index (χ4v) is 4.74. The van der Waals surface area contributed by atoms with Crippen molar-refractivity contribution in [2.45, 2.75) is 30.8 Å². The molecule has 2 aliphatic heterocycles. The molecule has 3 heterocycles. The summed E-state index contributed by atoms with van der Waals surface area (Å²) in [6.45, 7) is 2.62. The van der Waals surface area contributed by atoms with Gasteiger partial charge in [-0.15, -0.1) is 0 Å². The number of H-pyrrole nitrogens is 1. The van der Waals surface area contributed by atoms with Crippen LogP contribution in [0, 0.1) is 11.3 Å². The summed E-state index contributed by atoms with van der Waals surface area (Å²) >= 11 is 0. The monoisotopic (exact) mass is 372 g/mol. The molecule has 1 saturated heterocycles. The Morgan fingerprint density at radius 1 is 1.18 bits per heavy atom. The number of aromatic amines is 1. The van der Waals surface area contributed by atoms with Gasteiger partial charge in [0.2, 0.25) is 0 Å². The molecule has 5 heteroatoms. The molecule has 0 amide bonds. The number of nitrogens with one attached hydrogen (secondary N) is 3. The van der Waals surface area contributed by atoms with Gasteiger partial charge in [-0.1, -0.05) is 18.2 Å². The summed E-state index contributed by atoms with van der Waals surface area (Å²) in [7, 11) is 0. The van der Waals surface area contributed by atoms with E-state index in [1.807, 2.05) is 48.5 Å². The SMILES string of the molecule is N#Cc1ccc2[nH]c3c(c2c1)CC(CCOc1ccccc1)N[C@@]31CCNC1. The molecule has 3 N–H and O–H groups in total. The third kappa shape index (κ3) is 2.95. The molecule has 0 radical (unpaired) electrons. The summed E-state index contributed by atoms with van der Waals surface area (Å²) in [5.41, 5.74) is 4.44. The lowest BCUT2D eigenvalue weighted by atomic mass is 9.82. The number of rotatable bonds is 4. The van der Waals surface area contributed by atoms with Crippen molar-refractivity contribution < 1.29 is 4.74 Å². The van der Waals surface area contributed by atoms with Crippen LogP contribution in [0.15, 0.2) is 48.5 Å². The van der Waals surface area contributed by atoms with Gasteiger partial charge in [0.25, 0.3) is 0 Å². The van der Waals surface area contributed by atoms with Crippen molar-refractivity contribution in [2.75, 3.05) is 19.7 Å². The molecule has 2 aromatic carbocycles. The second-order valence-corrected chi connectivity index (χ2v) is 7.86. The van der Waals surface area contributed by atoms with Crippen LogP contribution in [0.3, 0.4) is 0 Å². The number of ether oxygens (including phenoxy) is 1. The van der Waals surface area contributed by atoms with E-state index >= 15 is 0 Å². The van der Waals surface area contributed by atoms with E-state index in [1.165, 1.54) is 16.6 Å². The predicted octanol–water partition coefficient (Wildman–Crippen LogP) is 3.21. The van der Waals surface area contributed by atoms with Crippen LogP contribution in [0.25, 0.3) is 10.9 Å². The van der Waals surface area contributed by atoms with E-state index < -0.39 is 0 Å². The van der Waals surface area contributed by atoms with E-state index in [4.69, 9.17) is 4.74 Å². The van der Waals surface area contributed by atoms with Crippen molar-refractivity contribution in [1.82, 2.24) is 15.6 Å². The van der Waals surface area contributed by atoms with Crippen LogP contribution in [0.5, 0.6) is 5.75 Å². The summed E-state index contributed by atoms with van der Waals surface area (Å²) in [6, 6.07) is 18.6. The zero-order valence-corrected chi connectivity index (χ0v) is 15.8. The molecule has 142 valence electrons. The van der Waals surface area contributed by atoms with E-state index in [1.54, 1.807) is 0 Å².